The Bertz CT molecular complexity index is 1330. The van der Waals surface area contributed by atoms with Gasteiger partial charge in [-0.2, -0.15) is 0 Å². The minimum absolute atomic E-state index is 0.137. The molecule has 0 saturated carbocycles. The van der Waals surface area contributed by atoms with E-state index in [-0.39, 0.29) is 18.3 Å². The summed E-state index contributed by atoms with van der Waals surface area (Å²) in [6, 6.07) is 11.9. The molecule has 9 heteroatoms. The zero-order valence-electron chi connectivity index (χ0n) is 23.3. The standard InChI is InChI=1S/C31H37N3O6/c1-4-39-31(36)40-30-27(37-2)19-22(20-28(30)38-3)9-5-8-12-29(35)32-15-18-34-16-13-23(14-17-34)25-21-33-26-11-7-6-10-24(25)26/h5-12,19-21,23,33H,4,13-18H2,1-3H3,(H,32,35)/b9-5+,12-8+. The second-order valence-electron chi connectivity index (χ2n) is 9.45. The number of carbonyl (C=O) groups is 2. The van der Waals surface area contributed by atoms with Gasteiger partial charge in [0.1, 0.15) is 0 Å². The number of aromatic amines is 1. The molecule has 40 heavy (non-hydrogen) atoms. The van der Waals surface area contributed by atoms with Crippen molar-refractivity contribution in [2.24, 2.45) is 0 Å². The number of methoxy groups -OCH3 is 2. The number of fused-ring (bicyclic) bond motifs is 1. The third-order valence-electron chi connectivity index (χ3n) is 6.95. The largest absolute Gasteiger partial charge is 0.514 e. The molecule has 1 aliphatic rings. The van der Waals surface area contributed by atoms with Gasteiger partial charge in [0.05, 0.1) is 20.8 Å². The molecule has 1 aliphatic heterocycles. The number of ether oxygens (including phenoxy) is 4. The van der Waals surface area contributed by atoms with Crippen LogP contribution in [0.4, 0.5) is 4.79 Å². The Balaban J connectivity index is 1.21. The molecular formula is C31H37N3O6. The summed E-state index contributed by atoms with van der Waals surface area (Å²) >= 11 is 0. The minimum Gasteiger partial charge on any atom is -0.493 e. The van der Waals surface area contributed by atoms with E-state index >= 15 is 0 Å². The number of hydrogen-bond donors (Lipinski definition) is 2. The number of carbonyl (C=O) groups excluding carboxylic acids is 2. The molecule has 0 atom stereocenters. The van der Waals surface area contributed by atoms with Gasteiger partial charge in [-0.1, -0.05) is 36.4 Å². The molecule has 2 aromatic carbocycles. The molecule has 1 amide bonds. The van der Waals surface area contributed by atoms with E-state index in [2.05, 4.69) is 45.7 Å². The minimum atomic E-state index is -0.841. The number of rotatable bonds is 11. The smallest absolute Gasteiger partial charge is 0.493 e. The maximum atomic E-state index is 12.3. The Morgan fingerprint density at radius 3 is 2.50 bits per heavy atom. The number of benzene rings is 2. The summed E-state index contributed by atoms with van der Waals surface area (Å²) < 4.78 is 20.8. The zero-order chi connectivity index (χ0) is 28.3. The van der Waals surface area contributed by atoms with E-state index in [4.69, 9.17) is 18.9 Å². The topological polar surface area (TPSA) is 102 Å². The number of piperidine rings is 1. The normalized spacial score (nSPS) is 14.6. The number of nitrogens with zero attached hydrogens (tertiary/aromatic N) is 1. The molecule has 1 fully saturated rings. The quantitative estimate of drug-likeness (QED) is 0.146. The predicted molar refractivity (Wildman–Crippen MR) is 155 cm³/mol. The summed E-state index contributed by atoms with van der Waals surface area (Å²) in [6.07, 6.45) is 10.3. The van der Waals surface area contributed by atoms with Crippen LogP contribution in [0.15, 0.2) is 60.8 Å². The van der Waals surface area contributed by atoms with E-state index in [1.54, 1.807) is 37.3 Å². The predicted octanol–water partition coefficient (Wildman–Crippen LogP) is 5.29. The summed E-state index contributed by atoms with van der Waals surface area (Å²) in [5.41, 5.74) is 3.36. The average molecular weight is 548 g/mol. The van der Waals surface area contributed by atoms with E-state index in [0.29, 0.717) is 24.0 Å². The maximum Gasteiger partial charge on any atom is 0.514 e. The molecule has 4 rings (SSSR count). The lowest BCUT2D eigenvalue weighted by molar-refractivity contribution is -0.116. The highest BCUT2D eigenvalue weighted by Crippen LogP contribution is 2.39. The molecule has 0 spiro atoms. The highest BCUT2D eigenvalue weighted by atomic mass is 16.7. The van der Waals surface area contributed by atoms with Gasteiger partial charge in [-0.3, -0.25) is 4.79 Å². The van der Waals surface area contributed by atoms with Crippen LogP contribution < -0.4 is 19.5 Å². The maximum absolute atomic E-state index is 12.3. The van der Waals surface area contributed by atoms with E-state index in [1.165, 1.54) is 36.8 Å². The van der Waals surface area contributed by atoms with Gasteiger partial charge in [-0.15, -0.1) is 0 Å². The Kier molecular flexibility index (Phi) is 10.2. The summed E-state index contributed by atoms with van der Waals surface area (Å²) in [7, 11) is 2.94. The first-order valence-electron chi connectivity index (χ1n) is 13.5. The zero-order valence-corrected chi connectivity index (χ0v) is 23.3. The second kappa shape index (κ2) is 14.2. The average Bonchev–Trinajstić information content (AvgIpc) is 3.40. The number of amides is 1. The van der Waals surface area contributed by atoms with Crippen molar-refractivity contribution in [1.29, 1.82) is 0 Å². The van der Waals surface area contributed by atoms with E-state index in [9.17, 15) is 9.59 Å². The third-order valence-corrected chi connectivity index (χ3v) is 6.95. The van der Waals surface area contributed by atoms with Gasteiger partial charge < -0.3 is 34.1 Å². The van der Waals surface area contributed by atoms with Crippen LogP contribution in [-0.2, 0) is 9.53 Å². The van der Waals surface area contributed by atoms with Gasteiger partial charge in [-0.25, -0.2) is 4.79 Å². The van der Waals surface area contributed by atoms with Crippen molar-refractivity contribution in [2.75, 3.05) is 47.0 Å². The second-order valence-corrected chi connectivity index (χ2v) is 9.45. The molecule has 212 valence electrons. The monoisotopic (exact) mass is 547 g/mol. The van der Waals surface area contributed by atoms with Crippen LogP contribution in [0.5, 0.6) is 17.2 Å². The Labute approximate surface area is 234 Å². The van der Waals surface area contributed by atoms with E-state index < -0.39 is 6.16 Å². The van der Waals surface area contributed by atoms with Crippen molar-refractivity contribution in [2.45, 2.75) is 25.7 Å². The van der Waals surface area contributed by atoms with Crippen molar-refractivity contribution < 1.29 is 28.5 Å². The Morgan fingerprint density at radius 2 is 1.80 bits per heavy atom. The molecular weight excluding hydrogens is 510 g/mol. The molecule has 0 bridgehead atoms. The van der Waals surface area contributed by atoms with Crippen LogP contribution in [0.1, 0.15) is 36.8 Å². The molecule has 1 saturated heterocycles. The van der Waals surface area contributed by atoms with Gasteiger partial charge in [0, 0.05) is 36.3 Å². The number of likely N-dealkylation sites (tertiary alicyclic amines) is 1. The number of allylic oxidation sites excluding steroid dienone is 2. The number of para-hydroxylation sites is 1. The first-order valence-corrected chi connectivity index (χ1v) is 13.5. The molecule has 0 radical (unpaired) electrons. The summed E-state index contributed by atoms with van der Waals surface area (Å²) in [6.45, 7) is 5.35. The lowest BCUT2D eigenvalue weighted by Crippen LogP contribution is -2.38. The fraction of sp³-hybridized carbons (Fsp3) is 0.355. The van der Waals surface area contributed by atoms with Crippen molar-refractivity contribution in [3.63, 3.8) is 0 Å². The molecule has 2 N–H and O–H groups in total. The molecule has 9 nitrogen and oxygen atoms in total. The highest BCUT2D eigenvalue weighted by molar-refractivity contribution is 5.88. The van der Waals surface area contributed by atoms with Crippen molar-refractivity contribution >= 4 is 29.0 Å². The fourth-order valence-electron chi connectivity index (χ4n) is 4.93. The lowest BCUT2D eigenvalue weighted by atomic mass is 9.89. The summed E-state index contributed by atoms with van der Waals surface area (Å²) in [5, 5.41) is 4.28. The molecule has 2 heterocycles. The van der Waals surface area contributed by atoms with Gasteiger partial charge in [-0.05, 0) is 68.1 Å². The highest BCUT2D eigenvalue weighted by Gasteiger charge is 2.22. The van der Waals surface area contributed by atoms with Gasteiger partial charge in [0.25, 0.3) is 0 Å². The molecule has 1 aromatic heterocycles. The SMILES string of the molecule is CCOC(=O)Oc1c(OC)cc(/C=C/C=C/C(=O)NCCN2CCC(c3c[nH]c4ccccc34)CC2)cc1OC. The van der Waals surface area contributed by atoms with Crippen LogP contribution in [-0.4, -0.2) is 69.0 Å². The van der Waals surface area contributed by atoms with Crippen LogP contribution in [0.25, 0.3) is 17.0 Å². The summed E-state index contributed by atoms with van der Waals surface area (Å²) in [4.78, 5) is 29.8. The molecule has 0 aliphatic carbocycles. The molecule has 0 unspecified atom stereocenters. The first-order chi connectivity index (χ1) is 19.5. The van der Waals surface area contributed by atoms with Gasteiger partial charge >= 0.3 is 6.16 Å². The van der Waals surface area contributed by atoms with E-state index in [0.717, 1.165) is 38.0 Å². The fourth-order valence-corrected chi connectivity index (χ4v) is 4.93. The Hall–Kier alpha value is -4.24. The first kappa shape index (κ1) is 28.8. The number of hydrogen-bond acceptors (Lipinski definition) is 7. The van der Waals surface area contributed by atoms with Crippen molar-refractivity contribution in [1.82, 2.24) is 15.2 Å². The molecule has 3 aromatic rings. The Morgan fingerprint density at radius 1 is 1.07 bits per heavy atom. The number of H-pyrrole nitrogens is 1. The van der Waals surface area contributed by atoms with Crippen LogP contribution in [0.3, 0.4) is 0 Å². The van der Waals surface area contributed by atoms with Gasteiger partial charge in [0.2, 0.25) is 11.7 Å². The van der Waals surface area contributed by atoms with Crippen LogP contribution in [0, 0.1) is 0 Å². The van der Waals surface area contributed by atoms with Crippen molar-refractivity contribution in [3.05, 3.63) is 72.0 Å². The van der Waals surface area contributed by atoms with Crippen LogP contribution in [0.2, 0.25) is 0 Å². The number of aromatic nitrogens is 1. The lowest BCUT2D eigenvalue weighted by Gasteiger charge is -2.31. The van der Waals surface area contributed by atoms with Crippen molar-refractivity contribution in [3.8, 4) is 17.2 Å². The summed E-state index contributed by atoms with van der Waals surface area (Å²) in [5.74, 6) is 1.20. The van der Waals surface area contributed by atoms with E-state index in [1.807, 2.05) is 0 Å². The number of nitrogens with one attached hydrogen (secondary N) is 2. The van der Waals surface area contributed by atoms with Crippen LogP contribution >= 0.6 is 0 Å². The third kappa shape index (κ3) is 7.45. The van der Waals surface area contributed by atoms with Gasteiger partial charge in [0.15, 0.2) is 11.5 Å².